The van der Waals surface area contributed by atoms with Gasteiger partial charge in [-0.1, -0.05) is 0 Å². The van der Waals surface area contributed by atoms with Crippen molar-refractivity contribution in [1.29, 1.82) is 0 Å². The van der Waals surface area contributed by atoms with Gasteiger partial charge in [0.25, 0.3) is 0 Å². The van der Waals surface area contributed by atoms with Crippen LogP contribution in [0.1, 0.15) is 34.6 Å². The number of nitrogens with zero attached hydrogens (tertiary/aromatic N) is 1. The first kappa shape index (κ1) is 9.01. The largest absolute Gasteiger partial charge is 0.293 e. The minimum absolute atomic E-state index is 0.142. The first-order valence-electron chi connectivity index (χ1n) is 4.30. The molecule has 1 heterocycles. The summed E-state index contributed by atoms with van der Waals surface area (Å²) in [5.74, 6) is 0. The molecule has 0 aliphatic carbocycles. The summed E-state index contributed by atoms with van der Waals surface area (Å²) in [6.45, 7) is 11.2. The van der Waals surface area contributed by atoms with Crippen LogP contribution < -0.4 is 5.32 Å². The summed E-state index contributed by atoms with van der Waals surface area (Å²) in [6, 6.07) is 0.595. The maximum Gasteiger partial charge on any atom is 0.0659 e. The van der Waals surface area contributed by atoms with E-state index in [4.69, 9.17) is 0 Å². The van der Waals surface area contributed by atoms with Gasteiger partial charge in [-0.05, 0) is 41.7 Å². The number of hydrogen-bond donors (Lipinski definition) is 1. The van der Waals surface area contributed by atoms with Crippen LogP contribution in [-0.2, 0) is 0 Å². The fraction of sp³-hybridized carbons (Fsp3) is 1.00. The first-order valence-corrected chi connectivity index (χ1v) is 4.30. The Labute approximate surface area is 70.0 Å². The van der Waals surface area contributed by atoms with E-state index in [1.165, 1.54) is 0 Å². The average Bonchev–Trinajstić information content (AvgIpc) is 1.91. The molecular formula is C9H20N2. The zero-order chi connectivity index (χ0) is 8.86. The van der Waals surface area contributed by atoms with Crippen molar-refractivity contribution in [3.63, 3.8) is 0 Å². The molecule has 1 rings (SSSR count). The Morgan fingerprint density at radius 3 is 1.73 bits per heavy atom. The van der Waals surface area contributed by atoms with E-state index in [0.29, 0.717) is 6.04 Å². The highest BCUT2D eigenvalue weighted by Crippen LogP contribution is 2.30. The second-order valence-corrected chi connectivity index (χ2v) is 4.69. The van der Waals surface area contributed by atoms with Crippen molar-refractivity contribution in [2.75, 3.05) is 7.05 Å². The second kappa shape index (κ2) is 2.20. The molecule has 1 N–H and O–H groups in total. The van der Waals surface area contributed by atoms with Crippen LogP contribution in [0.2, 0.25) is 0 Å². The Morgan fingerprint density at radius 2 is 1.64 bits per heavy atom. The summed E-state index contributed by atoms with van der Waals surface area (Å²) < 4.78 is 0. The van der Waals surface area contributed by atoms with Gasteiger partial charge < -0.3 is 0 Å². The minimum atomic E-state index is 0.142. The molecule has 0 amide bonds. The highest BCUT2D eigenvalue weighted by molar-refractivity contribution is 5.03. The number of hydrogen-bond acceptors (Lipinski definition) is 2. The summed E-state index contributed by atoms with van der Waals surface area (Å²) in [6.07, 6.45) is 0. The molecule has 1 saturated heterocycles. The van der Waals surface area contributed by atoms with Crippen molar-refractivity contribution in [1.82, 2.24) is 10.2 Å². The molecule has 0 radical (unpaired) electrons. The number of nitrogens with one attached hydrogen (secondary N) is 1. The molecule has 2 heteroatoms. The lowest BCUT2D eigenvalue weighted by Gasteiger charge is -2.29. The van der Waals surface area contributed by atoms with Crippen LogP contribution in [0.5, 0.6) is 0 Å². The Kier molecular flexibility index (Phi) is 1.81. The maximum atomic E-state index is 3.59. The number of likely N-dealkylation sites (N-methyl/N-ethyl adjacent to an activating group) is 1. The van der Waals surface area contributed by atoms with Crippen LogP contribution in [0.3, 0.4) is 0 Å². The van der Waals surface area contributed by atoms with Crippen molar-refractivity contribution in [3.05, 3.63) is 0 Å². The van der Waals surface area contributed by atoms with Gasteiger partial charge in [-0.25, -0.2) is 0 Å². The van der Waals surface area contributed by atoms with E-state index in [1.54, 1.807) is 0 Å². The van der Waals surface area contributed by atoms with Gasteiger partial charge in [0.05, 0.1) is 5.66 Å². The molecule has 1 atom stereocenters. The monoisotopic (exact) mass is 156 g/mol. The summed E-state index contributed by atoms with van der Waals surface area (Å²) in [7, 11) is 2.17. The molecule has 66 valence electrons. The smallest absolute Gasteiger partial charge is 0.0659 e. The maximum absolute atomic E-state index is 3.59. The predicted octanol–water partition coefficient (Wildman–Crippen LogP) is 1.42. The SMILES string of the molecule is CC1N(C)C(C)(C)NC1(C)C. The van der Waals surface area contributed by atoms with Crippen molar-refractivity contribution >= 4 is 0 Å². The van der Waals surface area contributed by atoms with Crippen LogP contribution in [0, 0.1) is 0 Å². The summed E-state index contributed by atoms with van der Waals surface area (Å²) in [5.41, 5.74) is 0.376. The van der Waals surface area contributed by atoms with E-state index in [9.17, 15) is 0 Å². The lowest BCUT2D eigenvalue weighted by atomic mass is 9.98. The van der Waals surface area contributed by atoms with Crippen molar-refractivity contribution in [3.8, 4) is 0 Å². The van der Waals surface area contributed by atoms with Gasteiger partial charge in [-0.2, -0.15) is 0 Å². The molecular weight excluding hydrogens is 136 g/mol. The average molecular weight is 156 g/mol. The minimum Gasteiger partial charge on any atom is -0.293 e. The van der Waals surface area contributed by atoms with Gasteiger partial charge in [0.15, 0.2) is 0 Å². The molecule has 11 heavy (non-hydrogen) atoms. The van der Waals surface area contributed by atoms with E-state index in [2.05, 4.69) is 51.9 Å². The molecule has 1 aliphatic heterocycles. The van der Waals surface area contributed by atoms with E-state index < -0.39 is 0 Å². The summed E-state index contributed by atoms with van der Waals surface area (Å²) in [5, 5.41) is 3.59. The standard InChI is InChI=1S/C9H20N2/c1-7-8(2,3)10-9(4,5)11(7)6/h7,10H,1-6H3. The lowest BCUT2D eigenvalue weighted by molar-refractivity contribution is 0.162. The van der Waals surface area contributed by atoms with Gasteiger partial charge >= 0.3 is 0 Å². The van der Waals surface area contributed by atoms with Gasteiger partial charge in [-0.15, -0.1) is 0 Å². The quantitative estimate of drug-likeness (QED) is 0.570. The third-order valence-corrected chi connectivity index (χ3v) is 3.14. The molecule has 0 aromatic carbocycles. The van der Waals surface area contributed by atoms with Gasteiger partial charge in [0.2, 0.25) is 0 Å². The summed E-state index contributed by atoms with van der Waals surface area (Å²) >= 11 is 0. The Hall–Kier alpha value is -0.0800. The zero-order valence-corrected chi connectivity index (χ0v) is 8.52. The topological polar surface area (TPSA) is 15.3 Å². The van der Waals surface area contributed by atoms with E-state index >= 15 is 0 Å². The zero-order valence-electron chi connectivity index (χ0n) is 8.52. The predicted molar refractivity (Wildman–Crippen MR) is 48.5 cm³/mol. The molecule has 2 nitrogen and oxygen atoms in total. The Bertz CT molecular complexity index is 143. The van der Waals surface area contributed by atoms with Crippen LogP contribution in [0.4, 0.5) is 0 Å². The fourth-order valence-corrected chi connectivity index (χ4v) is 1.95. The van der Waals surface area contributed by atoms with Gasteiger partial charge in [0.1, 0.15) is 0 Å². The highest BCUT2D eigenvalue weighted by atomic mass is 15.4. The van der Waals surface area contributed by atoms with Crippen LogP contribution in [0.25, 0.3) is 0 Å². The molecule has 0 saturated carbocycles. The van der Waals surface area contributed by atoms with E-state index in [1.807, 2.05) is 0 Å². The van der Waals surface area contributed by atoms with Gasteiger partial charge in [0, 0.05) is 11.6 Å². The van der Waals surface area contributed by atoms with Crippen molar-refractivity contribution in [2.24, 2.45) is 0 Å². The molecule has 1 fully saturated rings. The molecule has 0 aromatic rings. The number of rotatable bonds is 0. The van der Waals surface area contributed by atoms with Crippen molar-refractivity contribution < 1.29 is 0 Å². The van der Waals surface area contributed by atoms with Crippen LogP contribution in [-0.4, -0.2) is 29.2 Å². The van der Waals surface area contributed by atoms with Crippen LogP contribution >= 0.6 is 0 Å². The molecule has 0 spiro atoms. The molecule has 0 bridgehead atoms. The normalized spacial score (nSPS) is 36.0. The molecule has 1 unspecified atom stereocenters. The molecule has 1 aliphatic rings. The Morgan fingerprint density at radius 1 is 1.18 bits per heavy atom. The second-order valence-electron chi connectivity index (χ2n) is 4.69. The first-order chi connectivity index (χ1) is 4.77. The van der Waals surface area contributed by atoms with Crippen molar-refractivity contribution in [2.45, 2.75) is 51.9 Å². The highest BCUT2D eigenvalue weighted by Gasteiger charge is 2.45. The fourth-order valence-electron chi connectivity index (χ4n) is 1.95. The van der Waals surface area contributed by atoms with Crippen LogP contribution in [0.15, 0.2) is 0 Å². The third kappa shape index (κ3) is 1.30. The van der Waals surface area contributed by atoms with Gasteiger partial charge in [-0.3, -0.25) is 10.2 Å². The molecule has 0 aromatic heterocycles. The van der Waals surface area contributed by atoms with E-state index in [0.717, 1.165) is 0 Å². The van der Waals surface area contributed by atoms with E-state index in [-0.39, 0.29) is 11.2 Å². The lowest BCUT2D eigenvalue weighted by Crippen LogP contribution is -2.47. The summed E-state index contributed by atoms with van der Waals surface area (Å²) in [4.78, 5) is 2.38. The third-order valence-electron chi connectivity index (χ3n) is 3.14. The Balaban J connectivity index is 2.86.